The molecule has 0 spiro atoms. The highest BCUT2D eigenvalue weighted by molar-refractivity contribution is 7.99. The third-order valence-electron chi connectivity index (χ3n) is 3.76. The molecule has 2 fully saturated rings. The van der Waals surface area contributed by atoms with Crippen LogP contribution in [0.4, 0.5) is 0 Å². The van der Waals surface area contributed by atoms with Gasteiger partial charge in [0.15, 0.2) is 0 Å². The molecule has 2 N–H and O–H groups in total. The lowest BCUT2D eigenvalue weighted by molar-refractivity contribution is -0.139. The third kappa shape index (κ3) is 4.38. The SMILES string of the molecule is O=C(NCCSCCCO)C1CCCN1C(=O)C1CC1. The predicted molar refractivity (Wildman–Crippen MR) is 79.5 cm³/mol. The van der Waals surface area contributed by atoms with Crippen molar-refractivity contribution in [2.45, 2.75) is 38.1 Å². The molecule has 1 atom stereocenters. The summed E-state index contributed by atoms with van der Waals surface area (Å²) < 4.78 is 0. The van der Waals surface area contributed by atoms with Crippen molar-refractivity contribution >= 4 is 23.6 Å². The fourth-order valence-corrected chi connectivity index (χ4v) is 3.28. The Morgan fingerprint density at radius 3 is 2.75 bits per heavy atom. The molecule has 0 aromatic rings. The highest BCUT2D eigenvalue weighted by Gasteiger charge is 2.40. The lowest BCUT2D eigenvalue weighted by Gasteiger charge is -2.24. The number of carbonyl (C=O) groups excluding carboxylic acids is 2. The van der Waals surface area contributed by atoms with E-state index in [1.165, 1.54) is 0 Å². The van der Waals surface area contributed by atoms with Gasteiger partial charge in [-0.1, -0.05) is 0 Å². The number of nitrogens with zero attached hydrogens (tertiary/aromatic N) is 1. The molecule has 0 aromatic carbocycles. The zero-order valence-corrected chi connectivity index (χ0v) is 12.7. The summed E-state index contributed by atoms with van der Waals surface area (Å²) in [6.45, 7) is 1.59. The predicted octanol–water partition coefficient (Wildman–Crippen LogP) is 0.619. The van der Waals surface area contributed by atoms with Crippen molar-refractivity contribution in [2.75, 3.05) is 31.2 Å². The lowest BCUT2D eigenvalue weighted by Crippen LogP contribution is -2.46. The number of nitrogens with one attached hydrogen (secondary N) is 1. The Labute approximate surface area is 124 Å². The van der Waals surface area contributed by atoms with E-state index in [9.17, 15) is 9.59 Å². The van der Waals surface area contributed by atoms with Gasteiger partial charge in [-0.15, -0.1) is 0 Å². The molecule has 1 saturated heterocycles. The molecule has 2 amide bonds. The molecule has 1 heterocycles. The van der Waals surface area contributed by atoms with Crippen LogP contribution in [0.2, 0.25) is 0 Å². The molecule has 114 valence electrons. The normalized spacial score (nSPS) is 22.1. The fraction of sp³-hybridized carbons (Fsp3) is 0.857. The number of amides is 2. The van der Waals surface area contributed by atoms with Crippen LogP contribution in [0.3, 0.4) is 0 Å². The van der Waals surface area contributed by atoms with Gasteiger partial charge in [0.2, 0.25) is 11.8 Å². The van der Waals surface area contributed by atoms with E-state index in [1.54, 1.807) is 16.7 Å². The first kappa shape index (κ1) is 15.6. The standard InChI is InChI=1S/C14H24N2O3S/c17-8-2-9-20-10-6-15-13(18)12-3-1-7-16(12)14(19)11-4-5-11/h11-12,17H,1-10H2,(H,15,18). The fourth-order valence-electron chi connectivity index (χ4n) is 2.50. The first-order valence-corrected chi connectivity index (χ1v) is 8.66. The zero-order valence-electron chi connectivity index (χ0n) is 11.8. The van der Waals surface area contributed by atoms with E-state index in [1.807, 2.05) is 0 Å². The van der Waals surface area contributed by atoms with Crippen molar-refractivity contribution in [3.63, 3.8) is 0 Å². The Balaban J connectivity index is 1.67. The van der Waals surface area contributed by atoms with Crippen LogP contribution < -0.4 is 5.32 Å². The number of aliphatic hydroxyl groups excluding tert-OH is 1. The molecule has 0 bridgehead atoms. The average molecular weight is 300 g/mol. The Hall–Kier alpha value is -0.750. The second kappa shape index (κ2) is 7.88. The van der Waals surface area contributed by atoms with Gasteiger partial charge in [0.25, 0.3) is 0 Å². The van der Waals surface area contributed by atoms with Gasteiger partial charge in [0, 0.05) is 31.4 Å². The van der Waals surface area contributed by atoms with Gasteiger partial charge < -0.3 is 15.3 Å². The Morgan fingerprint density at radius 2 is 2.05 bits per heavy atom. The van der Waals surface area contributed by atoms with Crippen LogP contribution in [0.1, 0.15) is 32.1 Å². The highest BCUT2D eigenvalue weighted by Crippen LogP contribution is 2.33. The first-order chi connectivity index (χ1) is 9.74. The molecule has 6 heteroatoms. The second-order valence-electron chi connectivity index (χ2n) is 5.44. The summed E-state index contributed by atoms with van der Waals surface area (Å²) in [7, 11) is 0. The second-order valence-corrected chi connectivity index (χ2v) is 6.67. The van der Waals surface area contributed by atoms with E-state index < -0.39 is 0 Å². The number of rotatable bonds is 8. The maximum absolute atomic E-state index is 12.1. The summed E-state index contributed by atoms with van der Waals surface area (Å²) in [5.41, 5.74) is 0. The molecule has 1 aliphatic heterocycles. The summed E-state index contributed by atoms with van der Waals surface area (Å²) in [6, 6.07) is -0.245. The van der Waals surface area contributed by atoms with Gasteiger partial charge in [-0.25, -0.2) is 0 Å². The van der Waals surface area contributed by atoms with Gasteiger partial charge in [0.1, 0.15) is 6.04 Å². The van der Waals surface area contributed by atoms with Gasteiger partial charge in [-0.05, 0) is 37.9 Å². The van der Waals surface area contributed by atoms with Gasteiger partial charge in [0.05, 0.1) is 0 Å². The van der Waals surface area contributed by atoms with Crippen LogP contribution in [0.5, 0.6) is 0 Å². The van der Waals surface area contributed by atoms with E-state index in [2.05, 4.69) is 5.32 Å². The molecule has 1 unspecified atom stereocenters. The van der Waals surface area contributed by atoms with Gasteiger partial charge in [-0.2, -0.15) is 11.8 Å². The van der Waals surface area contributed by atoms with Crippen molar-refractivity contribution in [3.05, 3.63) is 0 Å². The number of aliphatic hydroxyl groups is 1. The minimum atomic E-state index is -0.245. The van der Waals surface area contributed by atoms with Gasteiger partial charge in [-0.3, -0.25) is 9.59 Å². The Morgan fingerprint density at radius 1 is 1.25 bits per heavy atom. The van der Waals surface area contributed by atoms with Crippen molar-refractivity contribution < 1.29 is 14.7 Å². The first-order valence-electron chi connectivity index (χ1n) is 7.51. The lowest BCUT2D eigenvalue weighted by atomic mass is 10.2. The number of hydrogen-bond donors (Lipinski definition) is 2. The van der Waals surface area contributed by atoms with Crippen LogP contribution in [0.25, 0.3) is 0 Å². The topological polar surface area (TPSA) is 69.6 Å². The molecule has 2 rings (SSSR count). The minimum absolute atomic E-state index is 0.000687. The number of hydrogen-bond acceptors (Lipinski definition) is 4. The van der Waals surface area contributed by atoms with E-state index in [0.29, 0.717) is 6.54 Å². The van der Waals surface area contributed by atoms with E-state index >= 15 is 0 Å². The van der Waals surface area contributed by atoms with Crippen LogP contribution in [-0.4, -0.2) is 59.1 Å². The van der Waals surface area contributed by atoms with E-state index in [4.69, 9.17) is 5.11 Å². The Bertz CT molecular complexity index is 347. The quantitative estimate of drug-likeness (QED) is 0.645. The van der Waals surface area contributed by atoms with Crippen LogP contribution >= 0.6 is 11.8 Å². The molecule has 20 heavy (non-hydrogen) atoms. The molecular weight excluding hydrogens is 276 g/mol. The molecule has 0 aromatic heterocycles. The van der Waals surface area contributed by atoms with E-state index in [-0.39, 0.29) is 30.4 Å². The molecular formula is C14H24N2O3S. The third-order valence-corrected chi connectivity index (χ3v) is 4.83. The Kier molecular flexibility index (Phi) is 6.16. The van der Waals surface area contributed by atoms with Crippen LogP contribution in [0.15, 0.2) is 0 Å². The molecule has 1 aliphatic carbocycles. The number of likely N-dealkylation sites (tertiary alicyclic amines) is 1. The summed E-state index contributed by atoms with van der Waals surface area (Å²) in [5, 5.41) is 11.6. The minimum Gasteiger partial charge on any atom is -0.396 e. The average Bonchev–Trinajstić information content (AvgIpc) is 3.18. The smallest absolute Gasteiger partial charge is 0.242 e. The summed E-state index contributed by atoms with van der Waals surface area (Å²) >= 11 is 1.73. The highest BCUT2D eigenvalue weighted by atomic mass is 32.2. The summed E-state index contributed by atoms with van der Waals surface area (Å²) in [5.74, 6) is 2.15. The van der Waals surface area contributed by atoms with Crippen molar-refractivity contribution in [1.82, 2.24) is 10.2 Å². The maximum Gasteiger partial charge on any atom is 0.242 e. The summed E-state index contributed by atoms with van der Waals surface area (Å²) in [4.78, 5) is 26.0. The van der Waals surface area contributed by atoms with Crippen LogP contribution in [-0.2, 0) is 9.59 Å². The summed E-state index contributed by atoms with van der Waals surface area (Å²) in [6.07, 6.45) is 4.50. The molecule has 1 saturated carbocycles. The van der Waals surface area contributed by atoms with Crippen molar-refractivity contribution in [2.24, 2.45) is 5.92 Å². The molecule has 0 radical (unpaired) electrons. The van der Waals surface area contributed by atoms with Gasteiger partial charge >= 0.3 is 0 Å². The van der Waals surface area contributed by atoms with Crippen molar-refractivity contribution in [1.29, 1.82) is 0 Å². The maximum atomic E-state index is 12.1. The van der Waals surface area contributed by atoms with Crippen molar-refractivity contribution in [3.8, 4) is 0 Å². The molecule has 2 aliphatic rings. The zero-order chi connectivity index (χ0) is 14.4. The van der Waals surface area contributed by atoms with E-state index in [0.717, 1.165) is 50.2 Å². The largest absolute Gasteiger partial charge is 0.396 e. The monoisotopic (exact) mass is 300 g/mol. The number of thioether (sulfide) groups is 1. The number of carbonyl (C=O) groups is 2. The van der Waals surface area contributed by atoms with Crippen LogP contribution in [0, 0.1) is 5.92 Å². The molecule has 5 nitrogen and oxygen atoms in total.